The van der Waals surface area contributed by atoms with Gasteiger partial charge in [-0.2, -0.15) is 8.42 Å². The number of Topliss-reactive ketones (excluding diaryl/α,β-unsaturated/α-hetero) is 1. The number of nitrogens with two attached hydrogens (primary N) is 1. The zero-order chi connectivity index (χ0) is 8.36. The summed E-state index contributed by atoms with van der Waals surface area (Å²) in [5.74, 6) is -0.648. The summed E-state index contributed by atoms with van der Waals surface area (Å²) in [6, 6.07) is 0. The van der Waals surface area contributed by atoms with E-state index in [-0.39, 0.29) is 29.6 Å². The number of carbonyl (C=O) groups excluding carboxylic acids is 1. The molecule has 0 saturated heterocycles. The number of hydrogen-bond acceptors (Lipinski definition) is 4. The van der Waals surface area contributed by atoms with Crippen molar-refractivity contribution in [3.63, 3.8) is 0 Å². The van der Waals surface area contributed by atoms with E-state index in [1.807, 2.05) is 0 Å². The molecule has 0 bridgehead atoms. The fraction of sp³-hybridized carbons (Fsp3) is 0.750. The molecule has 0 aliphatic rings. The van der Waals surface area contributed by atoms with Gasteiger partial charge < -0.3 is 5.73 Å². The third-order valence-corrected chi connectivity index (χ3v) is 2.27. The van der Waals surface area contributed by atoms with Crippen LogP contribution in [0.1, 0.15) is 6.92 Å². The highest BCUT2D eigenvalue weighted by molar-refractivity contribution is 7.87. The molecule has 0 amide bonds. The molecule has 0 saturated carbocycles. The van der Waals surface area contributed by atoms with Crippen molar-refractivity contribution in [3.8, 4) is 0 Å². The molecule has 0 rings (SSSR count). The molecule has 0 aromatic rings. The standard InChI is InChI=1S/C4H9NO4S.Mg.2H/c1-3(6)4(2-5)10(7,8)9;;;/h4H,2,5H2,1H3,(H,7,8,9);;;. The maximum Gasteiger partial charge on any atom is 0.316 e. The molecular formula is C4H11MgNO4S. The lowest BCUT2D eigenvalue weighted by atomic mass is 10.3. The van der Waals surface area contributed by atoms with E-state index in [0.717, 1.165) is 6.92 Å². The Morgan fingerprint density at radius 3 is 2.00 bits per heavy atom. The van der Waals surface area contributed by atoms with Crippen molar-refractivity contribution >= 4 is 39.0 Å². The van der Waals surface area contributed by atoms with Gasteiger partial charge in [-0.3, -0.25) is 9.35 Å². The lowest BCUT2D eigenvalue weighted by Gasteiger charge is -2.04. The first-order valence-corrected chi connectivity index (χ1v) is 4.06. The Morgan fingerprint density at radius 2 is 2.00 bits per heavy atom. The van der Waals surface area contributed by atoms with Gasteiger partial charge >= 0.3 is 23.1 Å². The van der Waals surface area contributed by atoms with Crippen LogP contribution < -0.4 is 5.73 Å². The zero-order valence-electron chi connectivity index (χ0n) is 5.44. The van der Waals surface area contributed by atoms with E-state index in [1.165, 1.54) is 0 Å². The van der Waals surface area contributed by atoms with Gasteiger partial charge in [-0.05, 0) is 6.92 Å². The maximum absolute atomic E-state index is 10.4. The predicted molar refractivity (Wildman–Crippen MR) is 43.6 cm³/mol. The monoisotopic (exact) mass is 193 g/mol. The van der Waals surface area contributed by atoms with Crippen molar-refractivity contribution in [1.29, 1.82) is 0 Å². The molecule has 5 nitrogen and oxygen atoms in total. The van der Waals surface area contributed by atoms with Gasteiger partial charge in [-0.25, -0.2) is 0 Å². The summed E-state index contributed by atoms with van der Waals surface area (Å²) in [6.07, 6.45) is 0. The van der Waals surface area contributed by atoms with Crippen molar-refractivity contribution in [2.24, 2.45) is 5.73 Å². The minimum absolute atomic E-state index is 0. The Balaban J connectivity index is 0. The highest BCUT2D eigenvalue weighted by Crippen LogP contribution is 1.96. The fourth-order valence-corrected chi connectivity index (χ4v) is 1.16. The van der Waals surface area contributed by atoms with E-state index in [4.69, 9.17) is 10.3 Å². The van der Waals surface area contributed by atoms with E-state index < -0.39 is 21.2 Å². The molecule has 1 unspecified atom stereocenters. The Morgan fingerprint density at radius 1 is 1.64 bits per heavy atom. The summed E-state index contributed by atoms with van der Waals surface area (Å²) >= 11 is 0. The highest BCUT2D eigenvalue weighted by Gasteiger charge is 2.25. The fourth-order valence-electron chi connectivity index (χ4n) is 0.497. The summed E-state index contributed by atoms with van der Waals surface area (Å²) in [7, 11) is -4.29. The molecule has 64 valence electrons. The van der Waals surface area contributed by atoms with Crippen molar-refractivity contribution in [3.05, 3.63) is 0 Å². The van der Waals surface area contributed by atoms with Crippen LogP contribution in [0.4, 0.5) is 0 Å². The average molecular weight is 194 g/mol. The van der Waals surface area contributed by atoms with Crippen molar-refractivity contribution in [2.45, 2.75) is 12.2 Å². The first kappa shape index (κ1) is 13.9. The first-order valence-electron chi connectivity index (χ1n) is 2.56. The van der Waals surface area contributed by atoms with E-state index >= 15 is 0 Å². The van der Waals surface area contributed by atoms with Crippen LogP contribution in [0.25, 0.3) is 0 Å². The van der Waals surface area contributed by atoms with Gasteiger partial charge in [0, 0.05) is 6.54 Å². The van der Waals surface area contributed by atoms with Crippen LogP contribution in [0.15, 0.2) is 0 Å². The highest BCUT2D eigenvalue weighted by atomic mass is 32.2. The van der Waals surface area contributed by atoms with E-state index in [9.17, 15) is 13.2 Å². The molecule has 11 heavy (non-hydrogen) atoms. The summed E-state index contributed by atoms with van der Waals surface area (Å²) in [5, 5.41) is -1.47. The van der Waals surface area contributed by atoms with Crippen LogP contribution in [0, 0.1) is 0 Å². The zero-order valence-corrected chi connectivity index (χ0v) is 6.26. The van der Waals surface area contributed by atoms with E-state index in [1.54, 1.807) is 0 Å². The lowest BCUT2D eigenvalue weighted by Crippen LogP contribution is -2.35. The van der Waals surface area contributed by atoms with Crippen LogP contribution >= 0.6 is 0 Å². The van der Waals surface area contributed by atoms with Gasteiger partial charge in [0.05, 0.1) is 0 Å². The molecule has 0 aliphatic heterocycles. The van der Waals surface area contributed by atoms with E-state index in [0.29, 0.717) is 0 Å². The third-order valence-electron chi connectivity index (χ3n) is 1.03. The number of hydrogen-bond donors (Lipinski definition) is 2. The summed E-state index contributed by atoms with van der Waals surface area (Å²) < 4.78 is 28.8. The molecule has 0 heterocycles. The number of carbonyl (C=O) groups is 1. The van der Waals surface area contributed by atoms with Crippen LogP contribution in [-0.4, -0.2) is 53.6 Å². The molecule has 0 aliphatic carbocycles. The maximum atomic E-state index is 10.4. The Labute approximate surface area is 81.2 Å². The minimum Gasteiger partial charge on any atom is -0.329 e. The summed E-state index contributed by atoms with van der Waals surface area (Å²) in [5.41, 5.74) is 4.90. The van der Waals surface area contributed by atoms with Gasteiger partial charge in [-0.15, -0.1) is 0 Å². The third kappa shape index (κ3) is 4.70. The van der Waals surface area contributed by atoms with Crippen LogP contribution in [-0.2, 0) is 14.9 Å². The Kier molecular flexibility index (Phi) is 6.35. The molecule has 0 aromatic carbocycles. The topological polar surface area (TPSA) is 97.5 Å². The van der Waals surface area contributed by atoms with Gasteiger partial charge in [-0.1, -0.05) is 0 Å². The quantitative estimate of drug-likeness (QED) is 0.394. The largest absolute Gasteiger partial charge is 0.329 e. The first-order chi connectivity index (χ1) is 4.39. The van der Waals surface area contributed by atoms with Gasteiger partial charge in [0.15, 0.2) is 11.0 Å². The molecule has 0 aromatic heterocycles. The Hall–Kier alpha value is 0.306. The Bertz CT molecular complexity index is 224. The normalized spacial score (nSPS) is 13.4. The summed E-state index contributed by atoms with van der Waals surface area (Å²) in [4.78, 5) is 10.4. The summed E-state index contributed by atoms with van der Waals surface area (Å²) in [6.45, 7) is 0.680. The average Bonchev–Trinajstić information content (AvgIpc) is 1.60. The molecule has 0 spiro atoms. The van der Waals surface area contributed by atoms with Gasteiger partial charge in [0.25, 0.3) is 10.1 Å². The molecule has 0 fully saturated rings. The van der Waals surface area contributed by atoms with Crippen LogP contribution in [0.3, 0.4) is 0 Å². The smallest absolute Gasteiger partial charge is 0.316 e. The second-order valence-corrected chi connectivity index (χ2v) is 3.45. The van der Waals surface area contributed by atoms with Gasteiger partial charge in [0.1, 0.15) is 0 Å². The SMILES string of the molecule is CC(=O)C(CN)S(=O)(=O)O.[MgH2]. The van der Waals surface area contributed by atoms with Crippen molar-refractivity contribution in [2.75, 3.05) is 6.54 Å². The molecule has 7 heteroatoms. The second kappa shape index (κ2) is 5.04. The predicted octanol–water partition coefficient (Wildman–Crippen LogP) is -2.13. The second-order valence-electron chi connectivity index (χ2n) is 1.85. The molecule has 3 N–H and O–H groups in total. The molecular weight excluding hydrogens is 182 g/mol. The lowest BCUT2D eigenvalue weighted by molar-refractivity contribution is -0.116. The molecule has 1 atom stereocenters. The van der Waals surface area contributed by atoms with Crippen LogP contribution in [0.5, 0.6) is 0 Å². The molecule has 0 radical (unpaired) electrons. The number of rotatable bonds is 3. The van der Waals surface area contributed by atoms with Crippen molar-refractivity contribution < 1.29 is 17.8 Å². The minimum atomic E-state index is -4.29. The van der Waals surface area contributed by atoms with Crippen LogP contribution in [0.2, 0.25) is 0 Å². The van der Waals surface area contributed by atoms with Gasteiger partial charge in [0.2, 0.25) is 0 Å². The van der Waals surface area contributed by atoms with E-state index in [2.05, 4.69) is 0 Å². The number of ketones is 1. The van der Waals surface area contributed by atoms with Crippen molar-refractivity contribution in [1.82, 2.24) is 0 Å².